The van der Waals surface area contributed by atoms with Crippen LogP contribution in [0.2, 0.25) is 0 Å². The molecule has 0 atom stereocenters. The maximum Gasteiger partial charge on any atom is 0.282 e. The second-order valence-corrected chi connectivity index (χ2v) is 0.236. The maximum absolute atomic E-state index is 4.35. The average molecular weight is 131 g/mol. The van der Waals surface area contributed by atoms with Crippen LogP contribution in [0.4, 0.5) is 0 Å². The summed E-state index contributed by atoms with van der Waals surface area (Å²) >= 11 is 0. The quantitative estimate of drug-likeness (QED) is 0.410. The third kappa shape index (κ3) is 11.1. The fourth-order valence-electron chi connectivity index (χ4n) is 0. The largest absolute Gasteiger partial charge is 0.450 e. The van der Waals surface area contributed by atoms with Crippen molar-refractivity contribution in [1.29, 1.82) is 0 Å². The second kappa shape index (κ2) is 8.92. The molecule has 0 aromatic carbocycles. The molecule has 0 aliphatic heterocycles. The molecule has 0 N–H and O–H groups in total. The summed E-state index contributed by atoms with van der Waals surface area (Å²) in [6.07, 6.45) is 0. The molecule has 19 valence electrons. The first kappa shape index (κ1) is 8.93. The van der Waals surface area contributed by atoms with E-state index < -0.39 is 0 Å². The van der Waals surface area contributed by atoms with Crippen molar-refractivity contribution in [2.24, 2.45) is 0 Å². The van der Waals surface area contributed by atoms with E-state index in [4.69, 9.17) is 0 Å². The van der Waals surface area contributed by atoms with Gasteiger partial charge >= 0.3 is 0 Å². The molecule has 0 aliphatic carbocycles. The molecule has 0 saturated heterocycles. The molecule has 3 heteroatoms. The first-order valence-electron chi connectivity index (χ1n) is 0.644. The minimum absolute atomic E-state index is 0. The van der Waals surface area contributed by atoms with Crippen molar-refractivity contribution in [3.05, 3.63) is 0 Å². The molecule has 3 radical (unpaired) electrons. The summed E-state index contributed by atoms with van der Waals surface area (Å²) in [7, 11) is 5.75. The van der Waals surface area contributed by atoms with Gasteiger partial charge in [-0.3, -0.25) is 0 Å². The average Bonchev–Trinajstić information content (AvgIpc) is 0.918. The normalized spacial score (nSPS) is 4.25. The van der Waals surface area contributed by atoms with Crippen LogP contribution in [0.15, 0.2) is 0 Å². The van der Waals surface area contributed by atoms with E-state index in [9.17, 15) is 0 Å². The van der Waals surface area contributed by atoms with Gasteiger partial charge in [0.1, 0.15) is 0 Å². The van der Waals surface area contributed by atoms with Gasteiger partial charge in [0.05, 0.1) is 0 Å². The molecule has 0 fully saturated rings. The van der Waals surface area contributed by atoms with Crippen LogP contribution in [0.3, 0.4) is 0 Å². The van der Waals surface area contributed by atoms with Gasteiger partial charge in [0.15, 0.2) is 0 Å². The Kier molecular flexibility index (Phi) is 19.9. The maximum atomic E-state index is 4.35. The van der Waals surface area contributed by atoms with E-state index in [2.05, 4.69) is 12.7 Å². The summed E-state index contributed by atoms with van der Waals surface area (Å²) in [5.41, 5.74) is 0. The van der Waals surface area contributed by atoms with E-state index in [1.807, 2.05) is 0 Å². The van der Waals surface area contributed by atoms with E-state index in [1.54, 1.807) is 0 Å². The summed E-state index contributed by atoms with van der Waals surface area (Å²) < 4.78 is 3.75. The van der Waals surface area contributed by atoms with Crippen LogP contribution in [-0.2, 0) is 37.4 Å². The fraction of sp³-hybridized carbons (Fsp3) is 1.00. The van der Waals surface area contributed by atoms with E-state index >= 15 is 0 Å². The molecular formula is CH3BOY. The van der Waals surface area contributed by atoms with Gasteiger partial charge in [-0.2, -0.15) is 0 Å². The Morgan fingerprint density at radius 2 is 1.75 bits per heavy atom. The molecule has 0 bridgehead atoms. The Bertz CT molecular complexity index is 8.00. The van der Waals surface area contributed by atoms with Crippen molar-refractivity contribution in [3.8, 4) is 0 Å². The zero-order valence-corrected chi connectivity index (χ0v) is 5.40. The van der Waals surface area contributed by atoms with Crippen LogP contribution >= 0.6 is 0 Å². The van der Waals surface area contributed by atoms with Crippen LogP contribution in [0.25, 0.3) is 0 Å². The predicted octanol–water partition coefficient (Wildman–Crippen LogP) is -0.286. The third-order valence-corrected chi connectivity index (χ3v) is 0. The smallest absolute Gasteiger partial charge is 0.282 e. The molecule has 0 rings (SSSR count). The summed E-state index contributed by atoms with van der Waals surface area (Å²) in [4.78, 5) is 0. The van der Waals surface area contributed by atoms with E-state index in [-0.39, 0.29) is 32.7 Å². The van der Waals surface area contributed by atoms with Crippen molar-refractivity contribution in [1.82, 2.24) is 0 Å². The van der Waals surface area contributed by atoms with E-state index in [0.29, 0.717) is 0 Å². The predicted molar refractivity (Wildman–Crippen MR) is 12.8 cm³/mol. The molecule has 0 unspecified atom stereocenters. The van der Waals surface area contributed by atoms with E-state index in [0.717, 1.165) is 0 Å². The topological polar surface area (TPSA) is 9.23 Å². The minimum Gasteiger partial charge on any atom is -0.450 e. The summed E-state index contributed by atoms with van der Waals surface area (Å²) in [6, 6.07) is 0. The Hall–Kier alpha value is 1.13. The van der Waals surface area contributed by atoms with Gasteiger partial charge in [-0.25, -0.2) is 0 Å². The monoisotopic (exact) mass is 131 g/mol. The fourth-order valence-corrected chi connectivity index (χ4v) is 0. The van der Waals surface area contributed by atoms with Crippen LogP contribution < -0.4 is 0 Å². The molecule has 0 aromatic rings. The van der Waals surface area contributed by atoms with Gasteiger partial charge in [0.2, 0.25) is 0 Å². The second-order valence-electron chi connectivity index (χ2n) is 0.236. The van der Waals surface area contributed by atoms with Crippen LogP contribution in [-0.4, -0.2) is 15.2 Å². The van der Waals surface area contributed by atoms with Gasteiger partial charge in [0.25, 0.3) is 8.05 Å². The first-order valence-corrected chi connectivity index (χ1v) is 0.644. The minimum atomic E-state index is 0. The van der Waals surface area contributed by atoms with Gasteiger partial charge in [-0.15, -0.1) is 0 Å². The van der Waals surface area contributed by atoms with Crippen molar-refractivity contribution in [2.45, 2.75) is 0 Å². The first-order chi connectivity index (χ1) is 1.41. The van der Waals surface area contributed by atoms with E-state index in [1.165, 1.54) is 7.11 Å². The Morgan fingerprint density at radius 3 is 1.75 bits per heavy atom. The van der Waals surface area contributed by atoms with Gasteiger partial charge in [-0.1, -0.05) is 0 Å². The summed E-state index contributed by atoms with van der Waals surface area (Å²) in [5, 5.41) is 0. The van der Waals surface area contributed by atoms with Gasteiger partial charge in [0, 0.05) is 39.8 Å². The molecule has 0 spiro atoms. The molecule has 0 heterocycles. The molecule has 1 nitrogen and oxygen atoms in total. The molecular weight excluding hydrogens is 128 g/mol. The van der Waals surface area contributed by atoms with Crippen molar-refractivity contribution in [2.75, 3.05) is 7.11 Å². The zero-order valence-electron chi connectivity index (χ0n) is 2.56. The molecule has 0 aliphatic rings. The SMILES string of the molecule is [B]OC.[Y]. The third-order valence-electron chi connectivity index (χ3n) is 0. The number of hydrogen-bond acceptors (Lipinski definition) is 1. The summed E-state index contributed by atoms with van der Waals surface area (Å²) in [6.45, 7) is 0. The van der Waals surface area contributed by atoms with Crippen LogP contribution in [0, 0.1) is 0 Å². The van der Waals surface area contributed by atoms with Gasteiger partial charge in [-0.05, 0) is 0 Å². The molecule has 0 amide bonds. The zero-order chi connectivity index (χ0) is 2.71. The Labute approximate surface area is 52.4 Å². The molecule has 0 saturated carbocycles. The van der Waals surface area contributed by atoms with Crippen LogP contribution in [0.5, 0.6) is 0 Å². The molecule has 4 heavy (non-hydrogen) atoms. The number of hydrogen-bond donors (Lipinski definition) is 0. The standard InChI is InChI=1S/CH3BO.Y/c1-3-2;/h1H3;. The Morgan fingerprint density at radius 1 is 1.75 bits per heavy atom. The molecule has 0 aromatic heterocycles. The van der Waals surface area contributed by atoms with Gasteiger partial charge < -0.3 is 4.65 Å². The number of rotatable bonds is 0. The summed E-state index contributed by atoms with van der Waals surface area (Å²) in [5.74, 6) is 0. The van der Waals surface area contributed by atoms with Crippen LogP contribution in [0.1, 0.15) is 0 Å². The Balaban J connectivity index is 0. The van der Waals surface area contributed by atoms with Crippen molar-refractivity contribution >= 4 is 8.05 Å². The van der Waals surface area contributed by atoms with Crippen molar-refractivity contribution in [3.63, 3.8) is 0 Å². The van der Waals surface area contributed by atoms with Crippen molar-refractivity contribution < 1.29 is 37.4 Å².